The first kappa shape index (κ1) is 22.3. The summed E-state index contributed by atoms with van der Waals surface area (Å²) >= 11 is 0. The Balaban J connectivity index is 1.84. The number of halogens is 3. The molecule has 0 saturated carbocycles. The second-order valence-electron chi connectivity index (χ2n) is 6.44. The first-order valence-corrected chi connectivity index (χ1v) is 9.57. The Morgan fingerprint density at radius 3 is 2.68 bits per heavy atom. The minimum absolute atomic E-state index is 0.201. The van der Waals surface area contributed by atoms with Gasteiger partial charge in [-0.25, -0.2) is 4.99 Å². The van der Waals surface area contributed by atoms with E-state index in [1.165, 1.54) is 6.07 Å². The fourth-order valence-corrected chi connectivity index (χ4v) is 2.78. The van der Waals surface area contributed by atoms with Crippen LogP contribution in [0.15, 0.2) is 29.3 Å². The van der Waals surface area contributed by atoms with Crippen molar-refractivity contribution in [1.29, 1.82) is 0 Å². The molecule has 0 aromatic heterocycles. The molecule has 0 radical (unpaired) electrons. The van der Waals surface area contributed by atoms with Crippen molar-refractivity contribution in [3.05, 3.63) is 29.8 Å². The Bertz CT molecular complexity index is 605. The highest BCUT2D eigenvalue weighted by Gasteiger charge is 2.28. The van der Waals surface area contributed by atoms with Crippen molar-refractivity contribution in [3.8, 4) is 5.75 Å². The largest absolute Gasteiger partial charge is 0.484 e. The number of morpholine rings is 1. The maximum atomic E-state index is 12.4. The van der Waals surface area contributed by atoms with E-state index < -0.39 is 12.8 Å². The lowest BCUT2D eigenvalue weighted by molar-refractivity contribution is -0.153. The zero-order valence-electron chi connectivity index (χ0n) is 16.2. The van der Waals surface area contributed by atoms with E-state index in [4.69, 9.17) is 9.47 Å². The molecule has 0 spiro atoms. The molecule has 158 valence electrons. The first-order chi connectivity index (χ1) is 13.5. The molecule has 1 aliphatic heterocycles. The van der Waals surface area contributed by atoms with Crippen molar-refractivity contribution in [2.75, 3.05) is 52.5 Å². The highest BCUT2D eigenvalue weighted by atomic mass is 19.4. The third kappa shape index (κ3) is 8.79. The molecule has 1 aromatic rings. The minimum atomic E-state index is -4.37. The van der Waals surface area contributed by atoms with Crippen molar-refractivity contribution in [3.63, 3.8) is 0 Å². The predicted molar refractivity (Wildman–Crippen MR) is 103 cm³/mol. The Kier molecular flexibility index (Phi) is 9.36. The molecule has 9 heteroatoms. The van der Waals surface area contributed by atoms with Gasteiger partial charge in [0, 0.05) is 31.7 Å². The number of hydrogen-bond donors (Lipinski definition) is 2. The van der Waals surface area contributed by atoms with E-state index in [1.807, 2.05) is 6.92 Å². The summed E-state index contributed by atoms with van der Waals surface area (Å²) in [6.45, 7) is 6.82. The van der Waals surface area contributed by atoms with Gasteiger partial charge in [0.25, 0.3) is 0 Å². The maximum Gasteiger partial charge on any atom is 0.422 e. The van der Waals surface area contributed by atoms with Crippen LogP contribution in [0.4, 0.5) is 13.2 Å². The number of rotatable bonds is 9. The molecule has 6 nitrogen and oxygen atoms in total. The SMILES string of the molecule is CCNC(=NCc1ccccc1OCC(F)(F)F)NCCCN1CCOCC1. The molecule has 2 N–H and O–H groups in total. The summed E-state index contributed by atoms with van der Waals surface area (Å²) in [5.41, 5.74) is 0.609. The molecule has 1 saturated heterocycles. The van der Waals surface area contributed by atoms with Gasteiger partial charge in [0.05, 0.1) is 19.8 Å². The molecule has 28 heavy (non-hydrogen) atoms. The van der Waals surface area contributed by atoms with Crippen LogP contribution >= 0.6 is 0 Å². The minimum Gasteiger partial charge on any atom is -0.484 e. The third-order valence-corrected chi connectivity index (χ3v) is 4.16. The van der Waals surface area contributed by atoms with Crippen molar-refractivity contribution in [1.82, 2.24) is 15.5 Å². The number of para-hydroxylation sites is 1. The normalized spacial score (nSPS) is 16.1. The van der Waals surface area contributed by atoms with Gasteiger partial charge < -0.3 is 20.1 Å². The number of nitrogens with zero attached hydrogens (tertiary/aromatic N) is 2. The highest BCUT2D eigenvalue weighted by molar-refractivity contribution is 5.79. The summed E-state index contributed by atoms with van der Waals surface area (Å²) < 4.78 is 47.5. The van der Waals surface area contributed by atoms with E-state index in [2.05, 4.69) is 20.5 Å². The van der Waals surface area contributed by atoms with Crippen LogP contribution in [0.5, 0.6) is 5.75 Å². The van der Waals surface area contributed by atoms with Gasteiger partial charge in [-0.15, -0.1) is 0 Å². The van der Waals surface area contributed by atoms with Gasteiger partial charge in [-0.05, 0) is 26.0 Å². The number of ether oxygens (including phenoxy) is 2. The fourth-order valence-electron chi connectivity index (χ4n) is 2.78. The number of aliphatic imine (C=N–C) groups is 1. The van der Waals surface area contributed by atoms with Crippen LogP contribution in [-0.2, 0) is 11.3 Å². The molecular formula is C19H29F3N4O2. The van der Waals surface area contributed by atoms with Crippen LogP contribution < -0.4 is 15.4 Å². The molecule has 0 unspecified atom stereocenters. The standard InChI is InChI=1S/C19H29F3N4O2/c1-2-23-18(24-8-5-9-26-10-12-27-13-11-26)25-14-16-6-3-4-7-17(16)28-15-19(20,21)22/h3-4,6-7H,2,5,8-15H2,1H3,(H2,23,24,25). The van der Waals surface area contributed by atoms with Gasteiger partial charge in [-0.2, -0.15) is 13.2 Å². The first-order valence-electron chi connectivity index (χ1n) is 9.57. The van der Waals surface area contributed by atoms with Gasteiger partial charge in [0.2, 0.25) is 0 Å². The summed E-state index contributed by atoms with van der Waals surface area (Å²) in [7, 11) is 0. The Hall–Kier alpha value is -2.00. The molecule has 2 rings (SSSR count). The predicted octanol–water partition coefficient (Wildman–Crippen LogP) is 2.41. The summed E-state index contributed by atoms with van der Waals surface area (Å²) in [6, 6.07) is 6.65. The Morgan fingerprint density at radius 1 is 1.21 bits per heavy atom. The second kappa shape index (κ2) is 11.8. The molecule has 0 bridgehead atoms. The molecule has 1 aromatic carbocycles. The summed E-state index contributed by atoms with van der Waals surface area (Å²) in [6.07, 6.45) is -3.40. The Morgan fingerprint density at radius 2 is 1.96 bits per heavy atom. The summed E-state index contributed by atoms with van der Waals surface area (Å²) in [5, 5.41) is 6.42. The number of alkyl halides is 3. The molecule has 0 aliphatic carbocycles. The summed E-state index contributed by atoms with van der Waals surface area (Å²) in [4.78, 5) is 6.84. The number of nitrogens with one attached hydrogen (secondary N) is 2. The molecular weight excluding hydrogens is 373 g/mol. The average Bonchev–Trinajstić information content (AvgIpc) is 2.68. The van der Waals surface area contributed by atoms with Gasteiger partial charge >= 0.3 is 6.18 Å². The van der Waals surface area contributed by atoms with Gasteiger partial charge in [0.15, 0.2) is 12.6 Å². The van der Waals surface area contributed by atoms with E-state index in [1.54, 1.807) is 18.2 Å². The molecule has 0 amide bonds. The van der Waals surface area contributed by atoms with Gasteiger partial charge in [0.1, 0.15) is 5.75 Å². The molecule has 1 heterocycles. The monoisotopic (exact) mass is 402 g/mol. The zero-order chi connectivity index (χ0) is 20.2. The van der Waals surface area contributed by atoms with Crippen molar-refractivity contribution < 1.29 is 22.6 Å². The van der Waals surface area contributed by atoms with Crippen molar-refractivity contribution >= 4 is 5.96 Å². The fraction of sp³-hybridized carbons (Fsp3) is 0.632. The van der Waals surface area contributed by atoms with E-state index in [0.29, 0.717) is 18.1 Å². The van der Waals surface area contributed by atoms with Crippen LogP contribution in [0.2, 0.25) is 0 Å². The maximum absolute atomic E-state index is 12.4. The lowest BCUT2D eigenvalue weighted by atomic mass is 10.2. The third-order valence-electron chi connectivity index (χ3n) is 4.16. The van der Waals surface area contributed by atoms with E-state index in [9.17, 15) is 13.2 Å². The number of hydrogen-bond acceptors (Lipinski definition) is 4. The van der Waals surface area contributed by atoms with Crippen molar-refractivity contribution in [2.45, 2.75) is 26.1 Å². The number of guanidine groups is 1. The molecule has 0 atom stereocenters. The average molecular weight is 402 g/mol. The van der Waals surface area contributed by atoms with E-state index in [0.717, 1.165) is 45.8 Å². The van der Waals surface area contributed by atoms with Crippen LogP contribution in [0.3, 0.4) is 0 Å². The quantitative estimate of drug-likeness (QED) is 0.377. The van der Waals surface area contributed by atoms with E-state index in [-0.39, 0.29) is 12.3 Å². The zero-order valence-corrected chi connectivity index (χ0v) is 16.2. The lowest BCUT2D eigenvalue weighted by Gasteiger charge is -2.26. The highest BCUT2D eigenvalue weighted by Crippen LogP contribution is 2.22. The van der Waals surface area contributed by atoms with Crippen LogP contribution in [0, 0.1) is 0 Å². The van der Waals surface area contributed by atoms with Gasteiger partial charge in [-0.1, -0.05) is 18.2 Å². The Labute approximate surface area is 164 Å². The molecule has 1 fully saturated rings. The molecule has 1 aliphatic rings. The van der Waals surface area contributed by atoms with Crippen LogP contribution in [0.25, 0.3) is 0 Å². The smallest absolute Gasteiger partial charge is 0.422 e. The number of benzene rings is 1. The lowest BCUT2D eigenvalue weighted by Crippen LogP contribution is -2.40. The van der Waals surface area contributed by atoms with Crippen LogP contribution in [0.1, 0.15) is 18.9 Å². The van der Waals surface area contributed by atoms with Gasteiger partial charge in [-0.3, -0.25) is 4.90 Å². The van der Waals surface area contributed by atoms with E-state index >= 15 is 0 Å². The topological polar surface area (TPSA) is 58.1 Å². The van der Waals surface area contributed by atoms with Crippen LogP contribution in [-0.4, -0.2) is 69.6 Å². The van der Waals surface area contributed by atoms with Crippen molar-refractivity contribution in [2.24, 2.45) is 4.99 Å². The second-order valence-corrected chi connectivity index (χ2v) is 6.44. The summed E-state index contributed by atoms with van der Waals surface area (Å²) in [5.74, 6) is 0.835.